The molecule has 0 spiro atoms. The van der Waals surface area contributed by atoms with E-state index in [2.05, 4.69) is 26.0 Å². The van der Waals surface area contributed by atoms with Crippen LogP contribution >= 0.6 is 0 Å². The highest BCUT2D eigenvalue weighted by atomic mass is 16.3. The fourth-order valence-electron chi connectivity index (χ4n) is 1.62. The minimum Gasteiger partial charge on any atom is -0.504 e. The average molecular weight is 214 g/mol. The standard InChI is InChI=1S/C14H14O2/c1-9-3-4-11(7-10(9)2)12-5-6-13(15)14(16)8-12/h3-8,15-16H,1-2H3. The molecule has 0 aliphatic carbocycles. The molecule has 0 saturated carbocycles. The fraction of sp³-hybridized carbons (Fsp3) is 0.143. The number of hydrogen-bond donors (Lipinski definition) is 2. The third-order valence-corrected chi connectivity index (χ3v) is 2.82. The summed E-state index contributed by atoms with van der Waals surface area (Å²) >= 11 is 0. The minimum atomic E-state index is -0.0902. The van der Waals surface area contributed by atoms with Crippen molar-refractivity contribution in [2.45, 2.75) is 13.8 Å². The number of hydrogen-bond acceptors (Lipinski definition) is 2. The summed E-state index contributed by atoms with van der Waals surface area (Å²) in [7, 11) is 0. The van der Waals surface area contributed by atoms with Gasteiger partial charge in [-0.15, -0.1) is 0 Å². The molecule has 0 saturated heterocycles. The molecule has 16 heavy (non-hydrogen) atoms. The van der Waals surface area contributed by atoms with E-state index < -0.39 is 0 Å². The average Bonchev–Trinajstić information content (AvgIpc) is 2.26. The molecule has 0 bridgehead atoms. The quantitative estimate of drug-likeness (QED) is 0.714. The zero-order valence-electron chi connectivity index (χ0n) is 9.36. The Morgan fingerprint density at radius 2 is 1.31 bits per heavy atom. The fourth-order valence-corrected chi connectivity index (χ4v) is 1.62. The molecule has 0 unspecified atom stereocenters. The first kappa shape index (κ1) is 10.6. The van der Waals surface area contributed by atoms with E-state index in [1.807, 2.05) is 6.07 Å². The lowest BCUT2D eigenvalue weighted by Gasteiger charge is -2.06. The predicted molar refractivity (Wildman–Crippen MR) is 64.7 cm³/mol. The highest BCUT2D eigenvalue weighted by Gasteiger charge is 2.03. The molecule has 2 aromatic carbocycles. The van der Waals surface area contributed by atoms with E-state index in [4.69, 9.17) is 0 Å². The first-order valence-electron chi connectivity index (χ1n) is 5.17. The van der Waals surface area contributed by atoms with Crippen molar-refractivity contribution in [3.8, 4) is 22.6 Å². The Labute approximate surface area is 94.8 Å². The Balaban J connectivity index is 2.50. The van der Waals surface area contributed by atoms with Gasteiger partial charge in [0.05, 0.1) is 0 Å². The second kappa shape index (κ2) is 3.89. The molecule has 0 radical (unpaired) electrons. The van der Waals surface area contributed by atoms with Gasteiger partial charge in [-0.2, -0.15) is 0 Å². The van der Waals surface area contributed by atoms with Gasteiger partial charge >= 0.3 is 0 Å². The smallest absolute Gasteiger partial charge is 0.158 e. The van der Waals surface area contributed by atoms with Crippen molar-refractivity contribution in [3.63, 3.8) is 0 Å². The van der Waals surface area contributed by atoms with E-state index in [1.54, 1.807) is 12.1 Å². The number of phenolic OH excluding ortho intramolecular Hbond substituents is 2. The van der Waals surface area contributed by atoms with Crippen LogP contribution in [0.15, 0.2) is 36.4 Å². The lowest BCUT2D eigenvalue weighted by atomic mass is 10.0. The number of aromatic hydroxyl groups is 2. The van der Waals surface area contributed by atoms with Gasteiger partial charge in [0.15, 0.2) is 11.5 Å². The topological polar surface area (TPSA) is 40.5 Å². The van der Waals surface area contributed by atoms with Crippen molar-refractivity contribution >= 4 is 0 Å². The van der Waals surface area contributed by atoms with E-state index in [0.29, 0.717) is 0 Å². The van der Waals surface area contributed by atoms with Gasteiger partial charge in [0.1, 0.15) is 0 Å². The Bertz CT molecular complexity index is 481. The molecule has 0 aliphatic heterocycles. The molecule has 2 aromatic rings. The maximum Gasteiger partial charge on any atom is 0.158 e. The zero-order chi connectivity index (χ0) is 11.7. The van der Waals surface area contributed by atoms with Crippen LogP contribution in [0.25, 0.3) is 11.1 Å². The van der Waals surface area contributed by atoms with Crippen LogP contribution in [0, 0.1) is 13.8 Å². The lowest BCUT2D eigenvalue weighted by Crippen LogP contribution is -1.83. The van der Waals surface area contributed by atoms with Crippen molar-refractivity contribution in [2.24, 2.45) is 0 Å². The van der Waals surface area contributed by atoms with Gasteiger partial charge in [0.25, 0.3) is 0 Å². The van der Waals surface area contributed by atoms with Crippen LogP contribution in [0.3, 0.4) is 0 Å². The highest BCUT2D eigenvalue weighted by Crippen LogP contribution is 2.31. The first-order valence-corrected chi connectivity index (χ1v) is 5.17. The highest BCUT2D eigenvalue weighted by molar-refractivity contribution is 5.67. The Kier molecular flexibility index (Phi) is 2.57. The molecule has 0 fully saturated rings. The Morgan fingerprint density at radius 3 is 1.94 bits per heavy atom. The molecule has 0 aliphatic rings. The minimum absolute atomic E-state index is 0.0873. The number of phenols is 2. The molecule has 2 heteroatoms. The molecule has 0 aromatic heterocycles. The Hall–Kier alpha value is -1.96. The number of aryl methyl sites for hydroxylation is 2. The van der Waals surface area contributed by atoms with Crippen molar-refractivity contribution in [1.29, 1.82) is 0 Å². The van der Waals surface area contributed by atoms with Gasteiger partial charge in [-0.05, 0) is 48.2 Å². The van der Waals surface area contributed by atoms with E-state index in [-0.39, 0.29) is 11.5 Å². The third kappa shape index (κ3) is 1.87. The van der Waals surface area contributed by atoms with Crippen LogP contribution in [-0.4, -0.2) is 10.2 Å². The van der Waals surface area contributed by atoms with Gasteiger partial charge in [0.2, 0.25) is 0 Å². The van der Waals surface area contributed by atoms with E-state index in [0.717, 1.165) is 11.1 Å². The molecular formula is C14H14O2. The maximum atomic E-state index is 9.44. The monoisotopic (exact) mass is 214 g/mol. The SMILES string of the molecule is Cc1ccc(-c2ccc(O)c(O)c2)cc1C. The molecule has 2 nitrogen and oxygen atoms in total. The Morgan fingerprint density at radius 1 is 0.688 bits per heavy atom. The van der Waals surface area contributed by atoms with E-state index in [1.165, 1.54) is 17.2 Å². The van der Waals surface area contributed by atoms with Crippen molar-refractivity contribution in [3.05, 3.63) is 47.5 Å². The second-order valence-electron chi connectivity index (χ2n) is 4.00. The van der Waals surface area contributed by atoms with Crippen LogP contribution in [-0.2, 0) is 0 Å². The molecule has 0 atom stereocenters. The van der Waals surface area contributed by atoms with Crippen LogP contribution in [0.5, 0.6) is 11.5 Å². The second-order valence-corrected chi connectivity index (χ2v) is 4.00. The lowest BCUT2D eigenvalue weighted by molar-refractivity contribution is 0.404. The van der Waals surface area contributed by atoms with Crippen LogP contribution in [0.2, 0.25) is 0 Å². The maximum absolute atomic E-state index is 9.44. The predicted octanol–water partition coefficient (Wildman–Crippen LogP) is 3.38. The molecule has 2 rings (SSSR count). The van der Waals surface area contributed by atoms with Gasteiger partial charge in [-0.3, -0.25) is 0 Å². The first-order chi connectivity index (χ1) is 7.58. The summed E-state index contributed by atoms with van der Waals surface area (Å²) in [6, 6.07) is 11.0. The molecular weight excluding hydrogens is 200 g/mol. The van der Waals surface area contributed by atoms with Crippen LogP contribution in [0.1, 0.15) is 11.1 Å². The molecule has 82 valence electrons. The summed E-state index contributed by atoms with van der Waals surface area (Å²) in [4.78, 5) is 0. The normalized spacial score (nSPS) is 10.4. The third-order valence-electron chi connectivity index (χ3n) is 2.82. The van der Waals surface area contributed by atoms with Crippen LogP contribution < -0.4 is 0 Å². The molecule has 0 heterocycles. The summed E-state index contributed by atoms with van der Waals surface area (Å²) < 4.78 is 0. The van der Waals surface area contributed by atoms with Gasteiger partial charge in [-0.1, -0.05) is 24.3 Å². The van der Waals surface area contributed by atoms with Gasteiger partial charge in [0, 0.05) is 0 Å². The van der Waals surface area contributed by atoms with Crippen molar-refractivity contribution in [1.82, 2.24) is 0 Å². The summed E-state index contributed by atoms with van der Waals surface area (Å²) in [5.41, 5.74) is 4.40. The summed E-state index contributed by atoms with van der Waals surface area (Å²) in [5.74, 6) is -0.177. The van der Waals surface area contributed by atoms with Crippen molar-refractivity contribution in [2.75, 3.05) is 0 Å². The number of rotatable bonds is 1. The molecule has 0 amide bonds. The summed E-state index contributed by atoms with van der Waals surface area (Å²) in [6.07, 6.45) is 0. The van der Waals surface area contributed by atoms with Gasteiger partial charge in [-0.25, -0.2) is 0 Å². The zero-order valence-corrected chi connectivity index (χ0v) is 9.36. The summed E-state index contributed by atoms with van der Waals surface area (Å²) in [5, 5.41) is 18.7. The van der Waals surface area contributed by atoms with Crippen LogP contribution in [0.4, 0.5) is 0 Å². The van der Waals surface area contributed by atoms with Gasteiger partial charge < -0.3 is 10.2 Å². The number of benzene rings is 2. The van der Waals surface area contributed by atoms with E-state index >= 15 is 0 Å². The largest absolute Gasteiger partial charge is 0.504 e. The molecule has 2 N–H and O–H groups in total. The summed E-state index contributed by atoms with van der Waals surface area (Å²) in [6.45, 7) is 4.12. The van der Waals surface area contributed by atoms with E-state index in [9.17, 15) is 10.2 Å². The van der Waals surface area contributed by atoms with Crippen molar-refractivity contribution < 1.29 is 10.2 Å².